The molecule has 0 aromatic carbocycles. The summed E-state index contributed by atoms with van der Waals surface area (Å²) in [6.07, 6.45) is 8.10. The van der Waals surface area contributed by atoms with Crippen LogP contribution in [-0.4, -0.2) is 42.6 Å². The second-order valence-corrected chi connectivity index (χ2v) is 7.30. The molecule has 1 amide bonds. The Labute approximate surface area is 140 Å². The Bertz CT molecular complexity index is 780. The molecule has 0 spiro atoms. The van der Waals surface area contributed by atoms with Crippen molar-refractivity contribution in [1.82, 2.24) is 15.6 Å². The first-order valence-electron chi connectivity index (χ1n) is 8.94. The fraction of sp³-hybridized carbons (Fsp3) is 0.556. The number of rotatable bonds is 3. The Kier molecular flexibility index (Phi) is 3.26. The second kappa shape index (κ2) is 5.48. The van der Waals surface area contributed by atoms with Gasteiger partial charge in [0.2, 0.25) is 0 Å². The van der Waals surface area contributed by atoms with Gasteiger partial charge in [-0.25, -0.2) is 4.98 Å². The summed E-state index contributed by atoms with van der Waals surface area (Å²) in [6.45, 7) is 3.12. The van der Waals surface area contributed by atoms with Crippen LogP contribution in [0.3, 0.4) is 0 Å². The van der Waals surface area contributed by atoms with Crippen LogP contribution in [0.25, 0.3) is 11.0 Å². The number of aromatic nitrogens is 1. The molecule has 2 saturated heterocycles. The second-order valence-electron chi connectivity index (χ2n) is 7.30. The lowest BCUT2D eigenvalue weighted by atomic mass is 10.0. The van der Waals surface area contributed by atoms with Crippen molar-refractivity contribution >= 4 is 22.6 Å². The maximum atomic E-state index is 12.6. The van der Waals surface area contributed by atoms with Gasteiger partial charge in [0.1, 0.15) is 12.0 Å². The Morgan fingerprint density at radius 1 is 1.33 bits per heavy atom. The van der Waals surface area contributed by atoms with Crippen LogP contribution >= 0.6 is 0 Å². The van der Waals surface area contributed by atoms with Crippen LogP contribution < -0.4 is 15.5 Å². The molecule has 2 aromatic rings. The third-order valence-electron chi connectivity index (χ3n) is 5.80. The fourth-order valence-electron chi connectivity index (χ4n) is 4.50. The van der Waals surface area contributed by atoms with E-state index in [1.54, 1.807) is 12.5 Å². The zero-order valence-corrected chi connectivity index (χ0v) is 13.6. The van der Waals surface area contributed by atoms with Crippen LogP contribution in [0.1, 0.15) is 36.2 Å². The summed E-state index contributed by atoms with van der Waals surface area (Å²) < 4.78 is 5.63. The summed E-state index contributed by atoms with van der Waals surface area (Å²) in [5.74, 6) is 0.500. The van der Waals surface area contributed by atoms with Gasteiger partial charge in [0.05, 0.1) is 11.9 Å². The van der Waals surface area contributed by atoms with E-state index in [1.165, 1.54) is 19.3 Å². The quantitative estimate of drug-likeness (QED) is 0.902. The molecule has 5 rings (SSSR count). The Balaban J connectivity index is 1.40. The number of nitrogens with one attached hydrogen (secondary N) is 2. The van der Waals surface area contributed by atoms with Crippen LogP contribution in [0.2, 0.25) is 0 Å². The topological polar surface area (TPSA) is 70.4 Å². The molecule has 6 nitrogen and oxygen atoms in total. The summed E-state index contributed by atoms with van der Waals surface area (Å²) >= 11 is 0. The van der Waals surface area contributed by atoms with Crippen molar-refractivity contribution in [2.45, 2.75) is 37.8 Å². The zero-order valence-electron chi connectivity index (χ0n) is 13.6. The van der Waals surface area contributed by atoms with E-state index >= 15 is 0 Å². The maximum Gasteiger partial charge on any atom is 0.270 e. The number of carbonyl (C=O) groups excluding carboxylic acids is 1. The predicted octanol–water partition coefficient (Wildman–Crippen LogP) is 1.91. The maximum absolute atomic E-state index is 12.6. The average Bonchev–Trinajstić information content (AvgIpc) is 3.36. The largest absolute Gasteiger partial charge is 0.460 e. The lowest BCUT2D eigenvalue weighted by molar-refractivity contribution is 0.0920. The van der Waals surface area contributed by atoms with Crippen molar-refractivity contribution in [2.75, 3.05) is 24.5 Å². The van der Waals surface area contributed by atoms with Crippen molar-refractivity contribution in [2.24, 2.45) is 5.92 Å². The van der Waals surface area contributed by atoms with Crippen molar-refractivity contribution in [3.63, 3.8) is 0 Å². The van der Waals surface area contributed by atoms with E-state index in [2.05, 4.69) is 20.5 Å². The number of hydrogen-bond acceptors (Lipinski definition) is 5. The van der Waals surface area contributed by atoms with Crippen LogP contribution in [0.5, 0.6) is 0 Å². The standard InChI is InChI=1S/C18H22N4O2/c23-18(21-14-6-12-5-11(14)8-19-12)15-7-13-16(22-3-1-2-4-22)10-24-17(13)9-20-15/h7,9-12,14,19H,1-6,8H2,(H,21,23). The van der Waals surface area contributed by atoms with Crippen LogP contribution in [0, 0.1) is 5.92 Å². The smallest absolute Gasteiger partial charge is 0.270 e. The SMILES string of the molecule is O=C(NC1CC2CC1CN2)c1cc2c(N3CCCC3)coc2cn1. The van der Waals surface area contributed by atoms with Gasteiger partial charge in [0, 0.05) is 37.1 Å². The number of amides is 1. The van der Waals surface area contributed by atoms with E-state index in [4.69, 9.17) is 4.42 Å². The molecular formula is C18H22N4O2. The van der Waals surface area contributed by atoms with E-state index < -0.39 is 0 Å². The van der Waals surface area contributed by atoms with Gasteiger partial charge in [-0.15, -0.1) is 0 Å². The van der Waals surface area contributed by atoms with Gasteiger partial charge in [0.15, 0.2) is 5.58 Å². The molecule has 1 aliphatic carbocycles. The number of carbonyl (C=O) groups is 1. The highest BCUT2D eigenvalue weighted by molar-refractivity contribution is 5.99. The van der Waals surface area contributed by atoms with Crippen LogP contribution in [-0.2, 0) is 0 Å². The van der Waals surface area contributed by atoms with E-state index in [9.17, 15) is 4.79 Å². The normalized spacial score (nSPS) is 28.8. The minimum absolute atomic E-state index is 0.0666. The molecule has 4 heterocycles. The number of nitrogens with zero attached hydrogens (tertiary/aromatic N) is 2. The molecule has 2 aliphatic heterocycles. The molecule has 24 heavy (non-hydrogen) atoms. The number of piperidine rings is 1. The van der Waals surface area contributed by atoms with E-state index in [1.807, 2.05) is 6.07 Å². The molecule has 1 saturated carbocycles. The number of furan rings is 1. The highest BCUT2D eigenvalue weighted by atomic mass is 16.3. The third-order valence-corrected chi connectivity index (χ3v) is 5.80. The first-order chi connectivity index (χ1) is 11.8. The van der Waals surface area contributed by atoms with Crippen molar-refractivity contribution in [3.05, 3.63) is 24.2 Å². The zero-order chi connectivity index (χ0) is 16.1. The Morgan fingerprint density at radius 2 is 2.21 bits per heavy atom. The van der Waals surface area contributed by atoms with Crippen LogP contribution in [0.4, 0.5) is 5.69 Å². The summed E-state index contributed by atoms with van der Waals surface area (Å²) in [7, 11) is 0. The predicted molar refractivity (Wildman–Crippen MR) is 91.2 cm³/mol. The van der Waals surface area contributed by atoms with E-state index in [0.717, 1.165) is 42.7 Å². The summed E-state index contributed by atoms with van der Waals surface area (Å²) in [5.41, 5.74) is 2.32. The van der Waals surface area contributed by atoms with E-state index in [-0.39, 0.29) is 11.9 Å². The summed E-state index contributed by atoms with van der Waals surface area (Å²) in [4.78, 5) is 19.3. The number of fused-ring (bicyclic) bond motifs is 3. The molecule has 2 N–H and O–H groups in total. The minimum Gasteiger partial charge on any atom is -0.460 e. The summed E-state index contributed by atoms with van der Waals surface area (Å²) in [5, 5.41) is 7.65. The lowest BCUT2D eigenvalue weighted by Crippen LogP contribution is -2.44. The van der Waals surface area contributed by atoms with Gasteiger partial charge in [-0.2, -0.15) is 0 Å². The third kappa shape index (κ3) is 2.28. The minimum atomic E-state index is -0.0666. The molecule has 3 aliphatic rings. The summed E-state index contributed by atoms with van der Waals surface area (Å²) in [6, 6.07) is 2.74. The average molecular weight is 326 g/mol. The highest BCUT2D eigenvalue weighted by Gasteiger charge is 2.40. The van der Waals surface area contributed by atoms with E-state index in [0.29, 0.717) is 17.7 Å². The van der Waals surface area contributed by atoms with Crippen LogP contribution in [0.15, 0.2) is 22.9 Å². The first-order valence-corrected chi connectivity index (χ1v) is 8.94. The van der Waals surface area contributed by atoms with Gasteiger partial charge in [-0.3, -0.25) is 4.79 Å². The number of anilines is 1. The van der Waals surface area contributed by atoms with Crippen molar-refractivity contribution < 1.29 is 9.21 Å². The Morgan fingerprint density at radius 3 is 2.96 bits per heavy atom. The molecule has 2 bridgehead atoms. The van der Waals surface area contributed by atoms with Gasteiger partial charge in [0.25, 0.3) is 5.91 Å². The van der Waals surface area contributed by atoms with Crippen molar-refractivity contribution in [3.8, 4) is 0 Å². The van der Waals surface area contributed by atoms with Gasteiger partial charge < -0.3 is 20.0 Å². The molecule has 3 fully saturated rings. The molecule has 6 heteroatoms. The molecule has 0 radical (unpaired) electrons. The highest BCUT2D eigenvalue weighted by Crippen LogP contribution is 2.33. The molecule has 2 aromatic heterocycles. The molecule has 3 unspecified atom stereocenters. The van der Waals surface area contributed by atoms with Gasteiger partial charge in [-0.05, 0) is 37.7 Å². The fourth-order valence-corrected chi connectivity index (χ4v) is 4.50. The van der Waals surface area contributed by atoms with Crippen molar-refractivity contribution in [1.29, 1.82) is 0 Å². The van der Waals surface area contributed by atoms with Gasteiger partial charge >= 0.3 is 0 Å². The number of pyridine rings is 1. The number of hydrogen-bond donors (Lipinski definition) is 2. The first kappa shape index (κ1) is 14.3. The Hall–Kier alpha value is -2.08. The monoisotopic (exact) mass is 326 g/mol. The van der Waals surface area contributed by atoms with Gasteiger partial charge in [-0.1, -0.05) is 0 Å². The molecule has 126 valence electrons. The molecule has 3 atom stereocenters. The molecular weight excluding hydrogens is 304 g/mol. The lowest BCUT2D eigenvalue weighted by Gasteiger charge is -2.23.